The van der Waals surface area contributed by atoms with Gasteiger partial charge in [-0.3, -0.25) is 0 Å². The van der Waals surface area contributed by atoms with E-state index in [4.69, 9.17) is 11.6 Å². The molecule has 1 aromatic carbocycles. The zero-order chi connectivity index (χ0) is 13.7. The van der Waals surface area contributed by atoms with Crippen molar-refractivity contribution >= 4 is 23.3 Å². The lowest BCUT2D eigenvalue weighted by Crippen LogP contribution is -2.22. The summed E-state index contributed by atoms with van der Waals surface area (Å²) in [6, 6.07) is 2.60. The van der Waals surface area contributed by atoms with E-state index in [1.54, 1.807) is 6.92 Å². The first kappa shape index (κ1) is 14.7. The number of aryl methyl sites for hydroxylation is 1. The molecule has 18 heavy (non-hydrogen) atoms. The van der Waals surface area contributed by atoms with Crippen molar-refractivity contribution in [1.29, 1.82) is 0 Å². The molecule has 1 atom stereocenters. The minimum Gasteiger partial charge on any atom is -0.465 e. The predicted molar refractivity (Wildman–Crippen MR) is 67.7 cm³/mol. The van der Waals surface area contributed by atoms with E-state index in [-0.39, 0.29) is 23.7 Å². The average Bonchev–Trinajstić information content (AvgIpc) is 2.38. The lowest BCUT2D eigenvalue weighted by molar-refractivity contribution is 0.0601. The summed E-state index contributed by atoms with van der Waals surface area (Å²) in [4.78, 5) is 11.5. The van der Waals surface area contributed by atoms with E-state index in [0.717, 1.165) is 0 Å². The minimum atomic E-state index is -0.776. The van der Waals surface area contributed by atoms with Gasteiger partial charge in [-0.2, -0.15) is 0 Å². The van der Waals surface area contributed by atoms with Crippen molar-refractivity contribution in [3.63, 3.8) is 0 Å². The molecule has 0 aromatic heterocycles. The number of benzene rings is 1. The molecule has 1 unspecified atom stereocenters. The summed E-state index contributed by atoms with van der Waals surface area (Å²) in [5.74, 6) is -0.957. The molecule has 0 spiro atoms. The SMILES string of the molecule is COC(=O)c1cc(C)c(F)cc1NCC(O)CCl. The number of hydrogen-bond acceptors (Lipinski definition) is 4. The van der Waals surface area contributed by atoms with Crippen LogP contribution in [-0.2, 0) is 4.74 Å². The Hall–Kier alpha value is -1.33. The Morgan fingerprint density at radius 2 is 2.28 bits per heavy atom. The number of hydrogen-bond donors (Lipinski definition) is 2. The highest BCUT2D eigenvalue weighted by Crippen LogP contribution is 2.21. The molecule has 1 aromatic rings. The van der Waals surface area contributed by atoms with Crippen molar-refractivity contribution in [2.24, 2.45) is 0 Å². The lowest BCUT2D eigenvalue weighted by Gasteiger charge is -2.14. The van der Waals surface area contributed by atoms with Gasteiger partial charge in [-0.1, -0.05) is 0 Å². The molecule has 0 bridgehead atoms. The van der Waals surface area contributed by atoms with Crippen LogP contribution in [0.15, 0.2) is 12.1 Å². The second-order valence-corrected chi connectivity index (χ2v) is 4.14. The zero-order valence-electron chi connectivity index (χ0n) is 10.2. The first-order valence-electron chi connectivity index (χ1n) is 5.36. The molecule has 4 nitrogen and oxygen atoms in total. The topological polar surface area (TPSA) is 58.6 Å². The van der Waals surface area contributed by atoms with Crippen molar-refractivity contribution in [1.82, 2.24) is 0 Å². The molecule has 0 heterocycles. The molecule has 1 rings (SSSR count). The largest absolute Gasteiger partial charge is 0.465 e. The Morgan fingerprint density at radius 1 is 1.61 bits per heavy atom. The van der Waals surface area contributed by atoms with Crippen LogP contribution < -0.4 is 5.32 Å². The molecular formula is C12H15ClFNO3. The van der Waals surface area contributed by atoms with Crippen LogP contribution in [0.3, 0.4) is 0 Å². The standard InChI is InChI=1S/C12H15ClFNO3/c1-7-3-9(12(17)18-2)11(4-10(7)14)15-6-8(16)5-13/h3-4,8,15-16H,5-6H2,1-2H3. The molecule has 0 radical (unpaired) electrons. The smallest absolute Gasteiger partial charge is 0.339 e. The molecule has 0 saturated heterocycles. The third-order valence-electron chi connectivity index (χ3n) is 2.41. The van der Waals surface area contributed by atoms with E-state index >= 15 is 0 Å². The van der Waals surface area contributed by atoms with Gasteiger partial charge >= 0.3 is 5.97 Å². The number of rotatable bonds is 5. The van der Waals surface area contributed by atoms with Gasteiger partial charge in [0.2, 0.25) is 0 Å². The molecule has 0 fully saturated rings. The van der Waals surface area contributed by atoms with Crippen LogP contribution in [0.1, 0.15) is 15.9 Å². The highest BCUT2D eigenvalue weighted by atomic mass is 35.5. The van der Waals surface area contributed by atoms with E-state index in [2.05, 4.69) is 10.1 Å². The van der Waals surface area contributed by atoms with Gasteiger partial charge in [0, 0.05) is 6.54 Å². The Kier molecular flexibility index (Phi) is 5.37. The van der Waals surface area contributed by atoms with E-state index < -0.39 is 17.9 Å². The third kappa shape index (κ3) is 3.58. The molecule has 0 amide bonds. The molecule has 100 valence electrons. The van der Waals surface area contributed by atoms with E-state index in [9.17, 15) is 14.3 Å². The van der Waals surface area contributed by atoms with Crippen molar-refractivity contribution in [2.45, 2.75) is 13.0 Å². The maximum atomic E-state index is 13.5. The highest BCUT2D eigenvalue weighted by Gasteiger charge is 2.15. The molecule has 0 aliphatic carbocycles. The quantitative estimate of drug-likeness (QED) is 0.637. The number of aliphatic hydroxyl groups excluding tert-OH is 1. The van der Waals surface area contributed by atoms with Crippen LogP contribution >= 0.6 is 11.6 Å². The predicted octanol–water partition coefficient (Wildman–Crippen LogP) is 1.93. The second kappa shape index (κ2) is 6.56. The van der Waals surface area contributed by atoms with Gasteiger partial charge in [0.25, 0.3) is 0 Å². The highest BCUT2D eigenvalue weighted by molar-refractivity contribution is 6.18. The number of ether oxygens (including phenoxy) is 1. The van der Waals surface area contributed by atoms with Crippen LogP contribution in [0.25, 0.3) is 0 Å². The number of nitrogens with one attached hydrogen (secondary N) is 1. The Bertz CT molecular complexity index is 440. The fraction of sp³-hybridized carbons (Fsp3) is 0.417. The van der Waals surface area contributed by atoms with Crippen LogP contribution in [0, 0.1) is 12.7 Å². The summed E-state index contributed by atoms with van der Waals surface area (Å²) in [6.07, 6.45) is -0.776. The maximum absolute atomic E-state index is 13.5. The number of carbonyl (C=O) groups excluding carboxylic acids is 1. The van der Waals surface area contributed by atoms with Gasteiger partial charge < -0.3 is 15.2 Å². The van der Waals surface area contributed by atoms with Crippen LogP contribution in [0.5, 0.6) is 0 Å². The fourth-order valence-electron chi connectivity index (χ4n) is 1.39. The van der Waals surface area contributed by atoms with Gasteiger partial charge in [0.15, 0.2) is 0 Å². The first-order chi connectivity index (χ1) is 8.49. The van der Waals surface area contributed by atoms with Crippen molar-refractivity contribution < 1.29 is 19.0 Å². The monoisotopic (exact) mass is 275 g/mol. The van der Waals surface area contributed by atoms with E-state index in [1.807, 2.05) is 0 Å². The number of methoxy groups -OCH3 is 1. The molecule has 0 aliphatic heterocycles. The van der Waals surface area contributed by atoms with Gasteiger partial charge in [-0.25, -0.2) is 9.18 Å². The number of aliphatic hydroxyl groups is 1. The van der Waals surface area contributed by atoms with Crippen LogP contribution in [0.2, 0.25) is 0 Å². The summed E-state index contributed by atoms with van der Waals surface area (Å²) in [6.45, 7) is 1.68. The summed E-state index contributed by atoms with van der Waals surface area (Å²) in [7, 11) is 1.25. The van der Waals surface area contributed by atoms with Crippen molar-refractivity contribution in [3.8, 4) is 0 Å². The minimum absolute atomic E-state index is 0.0505. The Balaban J connectivity index is 3.00. The first-order valence-corrected chi connectivity index (χ1v) is 5.89. The van der Waals surface area contributed by atoms with Gasteiger partial charge in [-0.05, 0) is 24.6 Å². The summed E-state index contributed by atoms with van der Waals surface area (Å²) in [5.41, 5.74) is 0.839. The summed E-state index contributed by atoms with van der Waals surface area (Å²) < 4.78 is 18.1. The van der Waals surface area contributed by atoms with E-state index in [1.165, 1.54) is 19.2 Å². The van der Waals surface area contributed by atoms with Crippen LogP contribution in [-0.4, -0.2) is 36.7 Å². The number of halogens is 2. The molecular weight excluding hydrogens is 261 g/mol. The number of anilines is 1. The van der Waals surface area contributed by atoms with Gasteiger partial charge in [-0.15, -0.1) is 11.6 Å². The third-order valence-corrected chi connectivity index (χ3v) is 2.77. The summed E-state index contributed by atoms with van der Waals surface area (Å²) in [5, 5.41) is 12.1. The fourth-order valence-corrected chi connectivity index (χ4v) is 1.50. The number of carbonyl (C=O) groups is 1. The number of esters is 1. The molecule has 0 aliphatic rings. The van der Waals surface area contributed by atoms with Crippen LogP contribution in [0.4, 0.5) is 10.1 Å². The van der Waals surface area contributed by atoms with Crippen molar-refractivity contribution in [3.05, 3.63) is 29.1 Å². The zero-order valence-corrected chi connectivity index (χ0v) is 10.9. The Labute approximate surface area is 110 Å². The average molecular weight is 276 g/mol. The molecule has 6 heteroatoms. The van der Waals surface area contributed by atoms with E-state index in [0.29, 0.717) is 5.56 Å². The van der Waals surface area contributed by atoms with Gasteiger partial charge in [0.1, 0.15) is 5.82 Å². The lowest BCUT2D eigenvalue weighted by atomic mass is 10.1. The maximum Gasteiger partial charge on any atom is 0.339 e. The molecule has 0 saturated carbocycles. The normalized spacial score (nSPS) is 12.1. The number of alkyl halides is 1. The Morgan fingerprint density at radius 3 is 2.83 bits per heavy atom. The second-order valence-electron chi connectivity index (χ2n) is 3.83. The summed E-state index contributed by atoms with van der Waals surface area (Å²) >= 11 is 5.45. The van der Waals surface area contributed by atoms with Crippen molar-refractivity contribution in [2.75, 3.05) is 24.9 Å². The van der Waals surface area contributed by atoms with Gasteiger partial charge in [0.05, 0.1) is 30.3 Å². The molecule has 2 N–H and O–H groups in total.